The van der Waals surface area contributed by atoms with Crippen molar-refractivity contribution in [2.45, 2.75) is 13.0 Å². The largest absolute Gasteiger partial charge is 0.324 e. The normalized spacial score (nSPS) is 12.5. The van der Waals surface area contributed by atoms with Gasteiger partial charge in [0, 0.05) is 14.3 Å². The molecule has 0 spiro atoms. The summed E-state index contributed by atoms with van der Waals surface area (Å²) in [5.41, 5.74) is 0.990. The van der Waals surface area contributed by atoms with Crippen molar-refractivity contribution < 1.29 is 13.2 Å². The zero-order valence-corrected chi connectivity index (χ0v) is 16.8. The Morgan fingerprint density at radius 3 is 2.17 bits per heavy atom. The highest BCUT2D eigenvalue weighted by Gasteiger charge is 2.29. The lowest BCUT2D eigenvalue weighted by Crippen LogP contribution is -2.45. The van der Waals surface area contributed by atoms with Crippen LogP contribution >= 0.6 is 34.2 Å². The van der Waals surface area contributed by atoms with Gasteiger partial charge in [-0.05, 0) is 78.0 Å². The van der Waals surface area contributed by atoms with E-state index in [0.717, 1.165) is 14.1 Å². The molecule has 0 fully saturated rings. The van der Waals surface area contributed by atoms with E-state index in [-0.39, 0.29) is 0 Å². The first-order chi connectivity index (χ1) is 11.2. The SMILES string of the molecule is CC(C(=O)Nc1ccc(I)cc1)N(c1ccc(Cl)cc1)S(C)(=O)=O. The van der Waals surface area contributed by atoms with Crippen LogP contribution in [0.15, 0.2) is 48.5 Å². The fourth-order valence-corrected chi connectivity index (χ4v) is 3.84. The number of halogens is 2. The second-order valence-corrected chi connectivity index (χ2v) is 8.75. The highest BCUT2D eigenvalue weighted by molar-refractivity contribution is 14.1. The summed E-state index contributed by atoms with van der Waals surface area (Å²) in [6, 6.07) is 12.6. The lowest BCUT2D eigenvalue weighted by Gasteiger charge is -2.28. The van der Waals surface area contributed by atoms with Gasteiger partial charge in [-0.3, -0.25) is 9.10 Å². The van der Waals surface area contributed by atoms with E-state index in [0.29, 0.717) is 16.4 Å². The highest BCUT2D eigenvalue weighted by Crippen LogP contribution is 2.23. The first-order valence-corrected chi connectivity index (χ1v) is 10.3. The molecule has 0 heterocycles. The van der Waals surface area contributed by atoms with Crippen molar-refractivity contribution >= 4 is 61.5 Å². The number of amides is 1. The maximum Gasteiger partial charge on any atom is 0.247 e. The number of hydrogen-bond donors (Lipinski definition) is 1. The summed E-state index contributed by atoms with van der Waals surface area (Å²) >= 11 is 8.01. The van der Waals surface area contributed by atoms with Crippen LogP contribution in [-0.2, 0) is 14.8 Å². The zero-order chi connectivity index (χ0) is 17.9. The number of hydrogen-bond acceptors (Lipinski definition) is 3. The molecule has 2 rings (SSSR count). The average Bonchev–Trinajstić information content (AvgIpc) is 2.50. The molecular weight excluding hydrogens is 463 g/mol. The summed E-state index contributed by atoms with van der Waals surface area (Å²) in [5, 5.41) is 3.22. The van der Waals surface area contributed by atoms with Crippen molar-refractivity contribution in [1.29, 1.82) is 0 Å². The number of sulfonamides is 1. The molecule has 1 unspecified atom stereocenters. The number of benzene rings is 2. The van der Waals surface area contributed by atoms with E-state index >= 15 is 0 Å². The smallest absolute Gasteiger partial charge is 0.247 e. The lowest BCUT2D eigenvalue weighted by atomic mass is 10.2. The summed E-state index contributed by atoms with van der Waals surface area (Å²) in [6.07, 6.45) is 1.07. The van der Waals surface area contributed by atoms with Crippen LogP contribution in [0, 0.1) is 3.57 Å². The third kappa shape index (κ3) is 4.84. The Morgan fingerprint density at radius 1 is 1.12 bits per heavy atom. The molecule has 5 nitrogen and oxygen atoms in total. The van der Waals surface area contributed by atoms with Crippen LogP contribution in [0.3, 0.4) is 0 Å². The van der Waals surface area contributed by atoms with Crippen LogP contribution in [0.4, 0.5) is 11.4 Å². The minimum atomic E-state index is -3.65. The molecule has 1 atom stereocenters. The second kappa shape index (κ2) is 7.71. The number of carbonyl (C=O) groups excluding carboxylic acids is 1. The molecule has 24 heavy (non-hydrogen) atoms. The fraction of sp³-hybridized carbons (Fsp3) is 0.188. The minimum Gasteiger partial charge on any atom is -0.324 e. The molecule has 8 heteroatoms. The maximum absolute atomic E-state index is 12.5. The van der Waals surface area contributed by atoms with Crippen molar-refractivity contribution in [2.75, 3.05) is 15.9 Å². The Bertz CT molecular complexity index is 823. The van der Waals surface area contributed by atoms with Gasteiger partial charge < -0.3 is 5.32 Å². The summed E-state index contributed by atoms with van der Waals surface area (Å²) in [7, 11) is -3.65. The molecular formula is C16H16ClIN2O3S. The van der Waals surface area contributed by atoms with Gasteiger partial charge in [0.15, 0.2) is 0 Å². The van der Waals surface area contributed by atoms with Gasteiger partial charge in [0.05, 0.1) is 11.9 Å². The van der Waals surface area contributed by atoms with Gasteiger partial charge in [-0.25, -0.2) is 8.42 Å². The molecule has 1 N–H and O–H groups in total. The third-order valence-corrected chi connectivity index (χ3v) is 5.49. The first-order valence-electron chi connectivity index (χ1n) is 7.00. The molecule has 0 aliphatic carbocycles. The Hall–Kier alpha value is -1.32. The van der Waals surface area contributed by atoms with E-state index in [9.17, 15) is 13.2 Å². The molecule has 128 valence electrons. The second-order valence-electron chi connectivity index (χ2n) is 5.21. The molecule has 2 aromatic rings. The van der Waals surface area contributed by atoms with Gasteiger partial charge in [0.1, 0.15) is 6.04 Å². The van der Waals surface area contributed by atoms with Crippen molar-refractivity contribution in [1.82, 2.24) is 0 Å². The summed E-state index contributed by atoms with van der Waals surface area (Å²) in [6.45, 7) is 1.54. The fourth-order valence-electron chi connectivity index (χ4n) is 2.18. The lowest BCUT2D eigenvalue weighted by molar-refractivity contribution is -0.116. The number of nitrogens with one attached hydrogen (secondary N) is 1. The van der Waals surface area contributed by atoms with E-state index in [1.165, 1.54) is 6.92 Å². The van der Waals surface area contributed by atoms with Gasteiger partial charge in [0.25, 0.3) is 0 Å². The monoisotopic (exact) mass is 478 g/mol. The summed E-state index contributed by atoms with van der Waals surface area (Å²) in [5.74, 6) is -0.420. The molecule has 0 bridgehead atoms. The molecule has 0 radical (unpaired) electrons. The minimum absolute atomic E-state index is 0.382. The van der Waals surface area contributed by atoms with Crippen LogP contribution in [0.1, 0.15) is 6.92 Å². The first kappa shape index (κ1) is 19.0. The Labute approximate surface area is 160 Å². The maximum atomic E-state index is 12.5. The third-order valence-electron chi connectivity index (χ3n) is 3.28. The Morgan fingerprint density at radius 2 is 1.67 bits per heavy atom. The standard InChI is InChI=1S/C16H16ClIN2O3S/c1-11(16(21)19-14-7-5-13(18)6-8-14)20(24(2,22)23)15-9-3-12(17)4-10-15/h3-11H,1-2H3,(H,19,21). The summed E-state index contributed by atoms with van der Waals surface area (Å²) in [4.78, 5) is 12.5. The number of carbonyl (C=O) groups is 1. The molecule has 0 aromatic heterocycles. The molecule has 1 amide bonds. The molecule has 0 aliphatic heterocycles. The molecule has 0 saturated heterocycles. The van der Waals surface area contributed by atoms with E-state index in [1.54, 1.807) is 36.4 Å². The van der Waals surface area contributed by atoms with Gasteiger partial charge in [-0.15, -0.1) is 0 Å². The van der Waals surface area contributed by atoms with Crippen molar-refractivity contribution in [2.24, 2.45) is 0 Å². The number of rotatable bonds is 5. The van der Waals surface area contributed by atoms with E-state index < -0.39 is 22.0 Å². The Balaban J connectivity index is 2.27. The van der Waals surface area contributed by atoms with Crippen LogP contribution in [0.2, 0.25) is 5.02 Å². The van der Waals surface area contributed by atoms with Crippen LogP contribution in [0.25, 0.3) is 0 Å². The number of nitrogens with zero attached hydrogens (tertiary/aromatic N) is 1. The van der Waals surface area contributed by atoms with Crippen molar-refractivity contribution in [3.8, 4) is 0 Å². The van der Waals surface area contributed by atoms with Crippen molar-refractivity contribution in [3.05, 3.63) is 57.1 Å². The molecule has 2 aromatic carbocycles. The predicted octanol–water partition coefficient (Wildman–Crippen LogP) is 3.74. The topological polar surface area (TPSA) is 66.5 Å². The van der Waals surface area contributed by atoms with Crippen LogP contribution in [0.5, 0.6) is 0 Å². The van der Waals surface area contributed by atoms with Crippen LogP contribution in [-0.4, -0.2) is 26.6 Å². The van der Waals surface area contributed by atoms with Gasteiger partial charge in [-0.1, -0.05) is 11.6 Å². The van der Waals surface area contributed by atoms with E-state index in [2.05, 4.69) is 27.9 Å². The van der Waals surface area contributed by atoms with Crippen molar-refractivity contribution in [3.63, 3.8) is 0 Å². The quantitative estimate of drug-likeness (QED) is 0.666. The highest BCUT2D eigenvalue weighted by atomic mass is 127. The molecule has 0 aliphatic rings. The van der Waals surface area contributed by atoms with Gasteiger partial charge >= 0.3 is 0 Å². The predicted molar refractivity (Wildman–Crippen MR) is 106 cm³/mol. The van der Waals surface area contributed by atoms with E-state index in [4.69, 9.17) is 11.6 Å². The number of anilines is 2. The Kier molecular flexibility index (Phi) is 6.11. The summed E-state index contributed by atoms with van der Waals surface area (Å²) < 4.78 is 26.5. The van der Waals surface area contributed by atoms with Gasteiger partial charge in [-0.2, -0.15) is 0 Å². The average molecular weight is 479 g/mol. The van der Waals surface area contributed by atoms with E-state index in [1.807, 2.05) is 12.1 Å². The van der Waals surface area contributed by atoms with Crippen LogP contribution < -0.4 is 9.62 Å². The zero-order valence-electron chi connectivity index (χ0n) is 13.0. The molecule has 0 saturated carbocycles. The van der Waals surface area contributed by atoms with Gasteiger partial charge in [0.2, 0.25) is 15.9 Å².